The summed E-state index contributed by atoms with van der Waals surface area (Å²) in [4.78, 5) is 0. The molecule has 28 heteroatoms. The third-order valence-electron chi connectivity index (χ3n) is 5.89. The molecule has 0 unspecified atom stereocenters. The average molecular weight is 782 g/mol. The van der Waals surface area contributed by atoms with Gasteiger partial charge in [-0.15, -0.1) is 0 Å². The Bertz CT molecular complexity index is 930. The fraction of sp³-hybridized carbons (Fsp3) is 1.00. The van der Waals surface area contributed by atoms with Crippen LogP contribution in [0, 0.1) is 0 Å². The van der Waals surface area contributed by atoms with E-state index in [9.17, 15) is 114 Å². The van der Waals surface area contributed by atoms with Gasteiger partial charge in [-0.25, -0.2) is 0 Å². The van der Waals surface area contributed by atoms with Crippen molar-refractivity contribution in [2.45, 2.75) is 110 Å². The first-order valence-corrected chi connectivity index (χ1v) is 11.9. The lowest BCUT2D eigenvalue weighted by atomic mass is 9.92. The Labute approximate surface area is 250 Å². The van der Waals surface area contributed by atoms with Crippen LogP contribution in [0.5, 0.6) is 0 Å². The van der Waals surface area contributed by atoms with E-state index in [0.29, 0.717) is 0 Å². The Hall–Kier alpha value is -1.90. The summed E-state index contributed by atoms with van der Waals surface area (Å²) >= 11 is 0. The molecule has 0 radical (unpaired) electrons. The fourth-order valence-electron chi connectivity index (χ4n) is 2.90. The van der Waals surface area contributed by atoms with Gasteiger partial charge in [0.2, 0.25) is 0 Å². The molecule has 0 aromatic carbocycles. The van der Waals surface area contributed by atoms with Crippen LogP contribution in [-0.4, -0.2) is 84.7 Å². The highest BCUT2D eigenvalue weighted by atomic mass is 19.4. The molecule has 292 valence electrons. The molecule has 0 aromatic heterocycles. The molecule has 48 heavy (non-hydrogen) atoms. The Balaban J connectivity index is 0. The second-order valence-electron chi connectivity index (χ2n) is 9.49. The van der Waals surface area contributed by atoms with Crippen LogP contribution in [0.15, 0.2) is 0 Å². The molecule has 0 amide bonds. The standard InChI is InChI=1S/2C10H10F13N/c2*11-5(12,3-1-2-4-24)6(13,14)7(15,16)8(17,18)9(19,20)10(21,22)23/h2*1-4,24H2. The summed E-state index contributed by atoms with van der Waals surface area (Å²) in [6.45, 7) is -0.749. The SMILES string of the molecule is NCCCCC(F)(F)C(F)(F)C(F)(F)C(F)(F)C(F)(F)C(F)(F)F.NCCCCC(F)(F)C(F)(F)C(F)(F)C(F)(F)C(F)(F)C(F)(F)F. The van der Waals surface area contributed by atoms with Crippen LogP contribution >= 0.6 is 0 Å². The molecule has 0 rings (SSSR count). The molecule has 0 aromatic rings. The van der Waals surface area contributed by atoms with E-state index in [2.05, 4.69) is 0 Å². The zero-order chi connectivity index (χ0) is 39.7. The van der Waals surface area contributed by atoms with E-state index >= 15 is 0 Å². The van der Waals surface area contributed by atoms with Crippen LogP contribution in [0.25, 0.3) is 0 Å². The van der Waals surface area contributed by atoms with Crippen molar-refractivity contribution >= 4 is 0 Å². The van der Waals surface area contributed by atoms with Crippen molar-refractivity contribution in [3.8, 4) is 0 Å². The van der Waals surface area contributed by atoms with Gasteiger partial charge in [0.1, 0.15) is 0 Å². The molecule has 0 aliphatic carbocycles. The average Bonchev–Trinajstić information content (AvgIpc) is 2.87. The number of halogens is 26. The van der Waals surface area contributed by atoms with Crippen molar-refractivity contribution < 1.29 is 114 Å². The summed E-state index contributed by atoms with van der Waals surface area (Å²) in [7, 11) is 0. The predicted octanol–water partition coefficient (Wildman–Crippen LogP) is 9.71. The van der Waals surface area contributed by atoms with Gasteiger partial charge in [-0.2, -0.15) is 114 Å². The molecule has 2 nitrogen and oxygen atoms in total. The first-order valence-electron chi connectivity index (χ1n) is 11.9. The van der Waals surface area contributed by atoms with Crippen LogP contribution in [0.4, 0.5) is 114 Å². The summed E-state index contributed by atoms with van der Waals surface area (Å²) in [5, 5.41) is 0. The lowest BCUT2D eigenvalue weighted by molar-refractivity contribution is -0.440. The van der Waals surface area contributed by atoms with Crippen molar-refractivity contribution in [3.05, 3.63) is 0 Å². The van der Waals surface area contributed by atoms with Gasteiger partial charge in [0, 0.05) is 12.8 Å². The molecule has 0 fully saturated rings. The number of nitrogens with two attached hydrogens (primary N) is 2. The van der Waals surface area contributed by atoms with E-state index in [1.165, 1.54) is 0 Å². The van der Waals surface area contributed by atoms with Crippen LogP contribution in [0.3, 0.4) is 0 Å². The van der Waals surface area contributed by atoms with Crippen molar-refractivity contribution in [3.63, 3.8) is 0 Å². The van der Waals surface area contributed by atoms with Crippen LogP contribution in [0.2, 0.25) is 0 Å². The highest BCUT2D eigenvalue weighted by Crippen LogP contribution is 2.62. The summed E-state index contributed by atoms with van der Waals surface area (Å²) in [6, 6.07) is 0. The number of unbranched alkanes of at least 4 members (excludes halogenated alkanes) is 2. The predicted molar refractivity (Wildman–Crippen MR) is 107 cm³/mol. The minimum absolute atomic E-state index is 0.375. The lowest BCUT2D eigenvalue weighted by Crippen LogP contribution is -2.70. The van der Waals surface area contributed by atoms with Gasteiger partial charge in [0.25, 0.3) is 0 Å². The van der Waals surface area contributed by atoms with Gasteiger partial charge in [0.15, 0.2) is 0 Å². The van der Waals surface area contributed by atoms with Crippen LogP contribution in [0.1, 0.15) is 38.5 Å². The van der Waals surface area contributed by atoms with Gasteiger partial charge in [0.05, 0.1) is 0 Å². The van der Waals surface area contributed by atoms with E-state index in [1.807, 2.05) is 0 Å². The Morgan fingerprint density at radius 1 is 0.250 bits per heavy atom. The first kappa shape index (κ1) is 48.2. The maximum atomic E-state index is 13.1. The van der Waals surface area contributed by atoms with Crippen molar-refractivity contribution in [1.82, 2.24) is 0 Å². The van der Waals surface area contributed by atoms with Crippen LogP contribution < -0.4 is 11.5 Å². The smallest absolute Gasteiger partial charge is 0.330 e. The van der Waals surface area contributed by atoms with Gasteiger partial charge in [-0.1, -0.05) is 0 Å². The van der Waals surface area contributed by atoms with E-state index in [-0.39, 0.29) is 13.1 Å². The van der Waals surface area contributed by atoms with Crippen molar-refractivity contribution in [1.29, 1.82) is 0 Å². The maximum absolute atomic E-state index is 13.1. The van der Waals surface area contributed by atoms with Crippen molar-refractivity contribution in [2.75, 3.05) is 13.1 Å². The topological polar surface area (TPSA) is 52.0 Å². The number of rotatable bonds is 16. The van der Waals surface area contributed by atoms with E-state index < -0.39 is 110 Å². The highest BCUT2D eigenvalue weighted by Gasteiger charge is 2.91. The maximum Gasteiger partial charge on any atom is 0.460 e. The van der Waals surface area contributed by atoms with Crippen molar-refractivity contribution in [2.24, 2.45) is 11.5 Å². The fourth-order valence-corrected chi connectivity index (χ4v) is 2.90. The second-order valence-corrected chi connectivity index (χ2v) is 9.49. The second kappa shape index (κ2) is 14.4. The zero-order valence-electron chi connectivity index (χ0n) is 22.6. The molecule has 0 spiro atoms. The molecule has 0 aliphatic heterocycles. The minimum atomic E-state index is -7.83. The molecular weight excluding hydrogens is 762 g/mol. The molecule has 0 saturated carbocycles. The Kier molecular flexibility index (Phi) is 14.4. The summed E-state index contributed by atoms with van der Waals surface area (Å²) in [6.07, 6.45) is -22.0. The van der Waals surface area contributed by atoms with Gasteiger partial charge < -0.3 is 11.5 Å². The van der Waals surface area contributed by atoms with E-state index in [4.69, 9.17) is 11.5 Å². The molecular formula is C20H20F26N2. The number of hydrogen-bond donors (Lipinski definition) is 2. The molecule has 0 saturated heterocycles. The molecule has 0 heterocycles. The Morgan fingerprint density at radius 2 is 0.438 bits per heavy atom. The third kappa shape index (κ3) is 8.18. The number of alkyl halides is 26. The van der Waals surface area contributed by atoms with E-state index in [1.54, 1.807) is 0 Å². The normalized spacial score (nSPS) is 15.8. The highest BCUT2D eigenvalue weighted by molar-refractivity contribution is 5.11. The van der Waals surface area contributed by atoms with Gasteiger partial charge in [-0.3, -0.25) is 0 Å². The third-order valence-corrected chi connectivity index (χ3v) is 5.89. The summed E-state index contributed by atoms with van der Waals surface area (Å²) in [5.41, 5.74) is 9.60. The van der Waals surface area contributed by atoms with Crippen LogP contribution in [-0.2, 0) is 0 Å². The molecule has 0 atom stereocenters. The van der Waals surface area contributed by atoms with Gasteiger partial charge in [-0.05, 0) is 38.8 Å². The monoisotopic (exact) mass is 782 g/mol. The molecule has 0 bridgehead atoms. The largest absolute Gasteiger partial charge is 0.460 e. The molecule has 4 N–H and O–H groups in total. The zero-order valence-corrected chi connectivity index (χ0v) is 22.6. The summed E-state index contributed by atoms with van der Waals surface area (Å²) in [5.74, 6) is -72.8. The Morgan fingerprint density at radius 3 is 0.604 bits per heavy atom. The quantitative estimate of drug-likeness (QED) is 0.121. The lowest BCUT2D eigenvalue weighted by Gasteiger charge is -2.39. The molecule has 0 aliphatic rings. The van der Waals surface area contributed by atoms with E-state index in [0.717, 1.165) is 0 Å². The minimum Gasteiger partial charge on any atom is -0.330 e. The first-order chi connectivity index (χ1) is 20.6. The van der Waals surface area contributed by atoms with Gasteiger partial charge >= 0.3 is 71.6 Å². The summed E-state index contributed by atoms with van der Waals surface area (Å²) < 4.78 is 329. The number of hydrogen-bond acceptors (Lipinski definition) is 2.